The van der Waals surface area contributed by atoms with Crippen molar-refractivity contribution in [1.82, 2.24) is 9.97 Å². The Morgan fingerprint density at radius 3 is 2.53 bits per heavy atom. The molecule has 2 heterocycles. The molecule has 0 bridgehead atoms. The molecule has 0 aliphatic carbocycles. The lowest BCUT2D eigenvalue weighted by Gasteiger charge is -2.21. The second kappa shape index (κ2) is 5.64. The first-order valence-corrected chi connectivity index (χ1v) is 5.93. The first-order valence-electron chi connectivity index (χ1n) is 5.40. The number of hydrogen-bond donors (Lipinski definition) is 0. The highest BCUT2D eigenvalue weighted by atomic mass is 35.5. The molecule has 88 valence electrons. The fourth-order valence-electron chi connectivity index (χ4n) is 1.72. The summed E-state index contributed by atoms with van der Waals surface area (Å²) in [6, 6.07) is 5.96. The van der Waals surface area contributed by atoms with Crippen LogP contribution in [-0.2, 0) is 12.4 Å². The van der Waals surface area contributed by atoms with Crippen molar-refractivity contribution < 1.29 is 0 Å². The summed E-state index contributed by atoms with van der Waals surface area (Å²) in [5, 5.41) is 0. The third-order valence-electron chi connectivity index (χ3n) is 2.61. The summed E-state index contributed by atoms with van der Waals surface area (Å²) in [5.74, 6) is 0.499. The van der Waals surface area contributed by atoms with E-state index in [4.69, 9.17) is 11.6 Å². The van der Waals surface area contributed by atoms with Gasteiger partial charge in [-0.1, -0.05) is 0 Å². The summed E-state index contributed by atoms with van der Waals surface area (Å²) in [6.45, 7) is 0.818. The summed E-state index contributed by atoms with van der Waals surface area (Å²) in [7, 11) is 2.04. The molecule has 3 nitrogen and oxygen atoms in total. The van der Waals surface area contributed by atoms with Crippen molar-refractivity contribution >= 4 is 17.3 Å². The molecule has 0 amide bonds. The molecule has 17 heavy (non-hydrogen) atoms. The van der Waals surface area contributed by atoms with E-state index >= 15 is 0 Å². The molecule has 0 unspecified atom stereocenters. The number of pyridine rings is 2. The second-order valence-corrected chi connectivity index (χ2v) is 4.12. The summed E-state index contributed by atoms with van der Waals surface area (Å²) in [6.07, 6.45) is 7.21. The number of rotatable bonds is 4. The van der Waals surface area contributed by atoms with Crippen molar-refractivity contribution in [2.45, 2.75) is 12.4 Å². The topological polar surface area (TPSA) is 29.0 Å². The van der Waals surface area contributed by atoms with Gasteiger partial charge in [0.05, 0.1) is 11.9 Å². The smallest absolute Gasteiger partial charge is 0.0597 e. The first-order chi connectivity index (χ1) is 8.31. The molecule has 0 aromatic carbocycles. The summed E-state index contributed by atoms with van der Waals surface area (Å²) < 4.78 is 0. The van der Waals surface area contributed by atoms with Gasteiger partial charge in [0.15, 0.2) is 0 Å². The average molecular weight is 248 g/mol. The van der Waals surface area contributed by atoms with Crippen LogP contribution < -0.4 is 4.90 Å². The van der Waals surface area contributed by atoms with Crippen molar-refractivity contribution in [3.63, 3.8) is 0 Å². The quantitative estimate of drug-likeness (QED) is 0.778. The van der Waals surface area contributed by atoms with Gasteiger partial charge in [-0.3, -0.25) is 9.97 Å². The third kappa shape index (κ3) is 2.94. The van der Waals surface area contributed by atoms with E-state index in [1.165, 1.54) is 5.56 Å². The van der Waals surface area contributed by atoms with E-state index in [1.54, 1.807) is 18.6 Å². The molecule has 2 rings (SSSR count). The molecule has 0 aliphatic rings. The molecular formula is C13H14ClN3. The maximum Gasteiger partial charge on any atom is 0.0597 e. The lowest BCUT2D eigenvalue weighted by atomic mass is 10.2. The Labute approximate surface area is 106 Å². The van der Waals surface area contributed by atoms with E-state index in [-0.39, 0.29) is 0 Å². The summed E-state index contributed by atoms with van der Waals surface area (Å²) in [5.41, 5.74) is 3.38. The minimum Gasteiger partial charge on any atom is -0.369 e. The molecule has 4 heteroatoms. The van der Waals surface area contributed by atoms with Gasteiger partial charge in [-0.05, 0) is 29.3 Å². The standard InChI is InChI=1S/C13H14ClN3/c1-17(10-11-2-5-15-6-3-11)13-9-16-7-4-12(13)8-14/h2-7,9H,8,10H2,1H3. The Balaban J connectivity index is 2.17. The predicted octanol–water partition coefficient (Wildman–Crippen LogP) is 2.85. The van der Waals surface area contributed by atoms with E-state index in [9.17, 15) is 0 Å². The molecule has 0 saturated carbocycles. The molecular weight excluding hydrogens is 234 g/mol. The van der Waals surface area contributed by atoms with Crippen molar-refractivity contribution in [3.8, 4) is 0 Å². The van der Waals surface area contributed by atoms with E-state index < -0.39 is 0 Å². The fourth-order valence-corrected chi connectivity index (χ4v) is 1.94. The van der Waals surface area contributed by atoms with E-state index in [1.807, 2.05) is 31.4 Å². The van der Waals surface area contributed by atoms with Gasteiger partial charge in [-0.25, -0.2) is 0 Å². The zero-order valence-electron chi connectivity index (χ0n) is 9.68. The number of aromatic nitrogens is 2. The Bertz CT molecular complexity index is 473. The maximum absolute atomic E-state index is 5.91. The van der Waals surface area contributed by atoms with E-state index in [0.29, 0.717) is 5.88 Å². The number of nitrogens with zero attached hydrogens (tertiary/aromatic N) is 3. The molecule has 0 aliphatic heterocycles. The van der Waals surface area contributed by atoms with Crippen LogP contribution >= 0.6 is 11.6 Å². The van der Waals surface area contributed by atoms with Crippen LogP contribution in [0.5, 0.6) is 0 Å². The molecule has 0 spiro atoms. The minimum atomic E-state index is 0.499. The van der Waals surface area contributed by atoms with Gasteiger partial charge in [-0.2, -0.15) is 0 Å². The second-order valence-electron chi connectivity index (χ2n) is 3.85. The molecule has 0 atom stereocenters. The highest BCUT2D eigenvalue weighted by Crippen LogP contribution is 2.21. The molecule has 0 N–H and O–H groups in total. The van der Waals surface area contributed by atoms with E-state index in [2.05, 4.69) is 14.9 Å². The van der Waals surface area contributed by atoms with Crippen molar-refractivity contribution in [2.75, 3.05) is 11.9 Å². The van der Waals surface area contributed by atoms with E-state index in [0.717, 1.165) is 17.8 Å². The van der Waals surface area contributed by atoms with Crippen LogP contribution in [0.3, 0.4) is 0 Å². The Morgan fingerprint density at radius 2 is 1.82 bits per heavy atom. The lowest BCUT2D eigenvalue weighted by molar-refractivity contribution is 0.907. The number of anilines is 1. The first kappa shape index (κ1) is 11.9. The van der Waals surface area contributed by atoms with Crippen LogP contribution in [0.25, 0.3) is 0 Å². The van der Waals surface area contributed by atoms with Gasteiger partial charge in [0.1, 0.15) is 0 Å². The SMILES string of the molecule is CN(Cc1ccncc1)c1cnccc1CCl. The average Bonchev–Trinajstić information content (AvgIpc) is 2.40. The number of alkyl halides is 1. The van der Waals surface area contributed by atoms with Crippen LogP contribution in [0.15, 0.2) is 43.0 Å². The number of hydrogen-bond acceptors (Lipinski definition) is 3. The van der Waals surface area contributed by atoms with Crippen LogP contribution in [0, 0.1) is 0 Å². The molecule has 0 saturated heterocycles. The molecule has 2 aromatic rings. The fraction of sp³-hybridized carbons (Fsp3) is 0.231. The highest BCUT2D eigenvalue weighted by molar-refractivity contribution is 6.17. The Hall–Kier alpha value is -1.61. The van der Waals surface area contributed by atoms with Crippen molar-refractivity contribution in [3.05, 3.63) is 54.1 Å². The minimum absolute atomic E-state index is 0.499. The Kier molecular flexibility index (Phi) is 3.94. The molecule has 0 radical (unpaired) electrons. The van der Waals surface area contributed by atoms with Crippen LogP contribution in [0.4, 0.5) is 5.69 Å². The van der Waals surface area contributed by atoms with Gasteiger partial charge in [0, 0.05) is 38.1 Å². The van der Waals surface area contributed by atoms with Gasteiger partial charge < -0.3 is 4.90 Å². The summed E-state index contributed by atoms with van der Waals surface area (Å²) >= 11 is 5.91. The lowest BCUT2D eigenvalue weighted by Crippen LogP contribution is -2.18. The van der Waals surface area contributed by atoms with Gasteiger partial charge >= 0.3 is 0 Å². The predicted molar refractivity (Wildman–Crippen MR) is 70.1 cm³/mol. The summed E-state index contributed by atoms with van der Waals surface area (Å²) in [4.78, 5) is 10.3. The van der Waals surface area contributed by atoms with Crippen molar-refractivity contribution in [1.29, 1.82) is 0 Å². The zero-order chi connectivity index (χ0) is 12.1. The van der Waals surface area contributed by atoms with Gasteiger partial charge in [-0.15, -0.1) is 11.6 Å². The zero-order valence-corrected chi connectivity index (χ0v) is 10.4. The molecule has 2 aromatic heterocycles. The normalized spacial score (nSPS) is 10.2. The monoisotopic (exact) mass is 247 g/mol. The van der Waals surface area contributed by atoms with Crippen LogP contribution in [0.1, 0.15) is 11.1 Å². The number of halogens is 1. The van der Waals surface area contributed by atoms with Crippen molar-refractivity contribution in [2.24, 2.45) is 0 Å². The highest BCUT2D eigenvalue weighted by Gasteiger charge is 2.07. The third-order valence-corrected chi connectivity index (χ3v) is 2.90. The maximum atomic E-state index is 5.91. The van der Waals surface area contributed by atoms with Crippen LogP contribution in [0.2, 0.25) is 0 Å². The largest absolute Gasteiger partial charge is 0.369 e. The van der Waals surface area contributed by atoms with Gasteiger partial charge in [0.25, 0.3) is 0 Å². The van der Waals surface area contributed by atoms with Crippen LogP contribution in [-0.4, -0.2) is 17.0 Å². The van der Waals surface area contributed by atoms with Gasteiger partial charge in [0.2, 0.25) is 0 Å². The molecule has 0 fully saturated rings. The Morgan fingerprint density at radius 1 is 1.12 bits per heavy atom.